The Kier molecular flexibility index (Phi) is 4.83. The molecule has 0 amide bonds. The summed E-state index contributed by atoms with van der Waals surface area (Å²) in [5.74, 6) is 2.52. The van der Waals surface area contributed by atoms with Crippen LogP contribution < -0.4 is 5.43 Å². The smallest absolute Gasteiger partial charge is 0.214 e. The summed E-state index contributed by atoms with van der Waals surface area (Å²) in [6.45, 7) is 2.63. The van der Waals surface area contributed by atoms with Crippen LogP contribution in [0.4, 0.5) is 0 Å². The van der Waals surface area contributed by atoms with Crippen molar-refractivity contribution in [3.05, 3.63) is 57.8 Å². The lowest BCUT2D eigenvalue weighted by Crippen LogP contribution is -2.17. The van der Waals surface area contributed by atoms with Crippen LogP contribution in [0.5, 0.6) is 0 Å². The first-order valence-electron chi connectivity index (χ1n) is 7.42. The largest absolute Gasteiger partial charge is 0.459 e. The van der Waals surface area contributed by atoms with Gasteiger partial charge in [0.25, 0.3) is 0 Å². The standard InChI is InChI=1S/C16H17ClN4OS/c1-2-3-15-19-20-16(23)21(15)18-10-13-8-9-14(22-13)11-4-6-12(17)7-5-11/h4-9,18H,2-3,10H2,1H3,(H,20,23). The van der Waals surface area contributed by atoms with Crippen LogP contribution in [-0.4, -0.2) is 14.9 Å². The van der Waals surface area contributed by atoms with Crippen molar-refractivity contribution < 1.29 is 4.42 Å². The normalized spacial score (nSPS) is 10.9. The Labute approximate surface area is 144 Å². The highest BCUT2D eigenvalue weighted by atomic mass is 35.5. The number of aromatic nitrogens is 3. The summed E-state index contributed by atoms with van der Waals surface area (Å²) in [6, 6.07) is 11.5. The van der Waals surface area contributed by atoms with Crippen molar-refractivity contribution in [2.75, 3.05) is 5.43 Å². The van der Waals surface area contributed by atoms with Crippen molar-refractivity contribution >= 4 is 23.8 Å². The number of benzene rings is 1. The Morgan fingerprint density at radius 3 is 2.78 bits per heavy atom. The van der Waals surface area contributed by atoms with Gasteiger partial charge in [-0.3, -0.25) is 5.10 Å². The van der Waals surface area contributed by atoms with Crippen molar-refractivity contribution in [2.24, 2.45) is 0 Å². The molecule has 7 heteroatoms. The SMILES string of the molecule is CCCc1n[nH]c(=S)n1NCc1ccc(-c2ccc(Cl)cc2)o1. The molecule has 120 valence electrons. The minimum Gasteiger partial charge on any atom is -0.459 e. The molecular formula is C16H17ClN4OS. The van der Waals surface area contributed by atoms with Gasteiger partial charge in [0.15, 0.2) is 5.82 Å². The van der Waals surface area contributed by atoms with Gasteiger partial charge in [0.05, 0.1) is 6.54 Å². The Balaban J connectivity index is 1.71. The van der Waals surface area contributed by atoms with Crippen molar-refractivity contribution in [3.8, 4) is 11.3 Å². The minimum absolute atomic E-state index is 0.526. The van der Waals surface area contributed by atoms with E-state index in [-0.39, 0.29) is 0 Å². The number of hydrogen-bond donors (Lipinski definition) is 2. The molecular weight excluding hydrogens is 332 g/mol. The average molecular weight is 349 g/mol. The van der Waals surface area contributed by atoms with Crippen molar-refractivity contribution in [1.82, 2.24) is 14.9 Å². The summed E-state index contributed by atoms with van der Waals surface area (Å²) >= 11 is 11.1. The maximum absolute atomic E-state index is 5.90. The molecule has 0 aliphatic rings. The first kappa shape index (κ1) is 15.8. The number of furan rings is 1. The number of aryl methyl sites for hydroxylation is 1. The van der Waals surface area contributed by atoms with Gasteiger partial charge in [-0.2, -0.15) is 5.10 Å². The summed E-state index contributed by atoms with van der Waals surface area (Å²) in [5, 5.41) is 7.73. The van der Waals surface area contributed by atoms with Crippen LogP contribution >= 0.6 is 23.8 Å². The van der Waals surface area contributed by atoms with Gasteiger partial charge in [-0.25, -0.2) is 4.68 Å². The van der Waals surface area contributed by atoms with E-state index in [1.165, 1.54) is 0 Å². The number of nitrogens with zero attached hydrogens (tertiary/aromatic N) is 2. The van der Waals surface area contributed by atoms with Gasteiger partial charge in [-0.1, -0.05) is 18.5 Å². The molecule has 3 rings (SSSR count). The van der Waals surface area contributed by atoms with Crippen molar-refractivity contribution in [3.63, 3.8) is 0 Å². The molecule has 2 heterocycles. The number of nitrogens with one attached hydrogen (secondary N) is 2. The van der Waals surface area contributed by atoms with Crippen LogP contribution in [-0.2, 0) is 13.0 Å². The van der Waals surface area contributed by atoms with Crippen LogP contribution in [0, 0.1) is 4.77 Å². The maximum atomic E-state index is 5.90. The van der Waals surface area contributed by atoms with Gasteiger partial charge in [0.1, 0.15) is 11.5 Å². The fourth-order valence-corrected chi connectivity index (χ4v) is 2.62. The molecule has 0 fully saturated rings. The van der Waals surface area contributed by atoms with Crippen LogP contribution in [0.3, 0.4) is 0 Å². The zero-order chi connectivity index (χ0) is 16.2. The summed E-state index contributed by atoms with van der Waals surface area (Å²) in [7, 11) is 0. The Hall–Kier alpha value is -2.05. The third-order valence-corrected chi connectivity index (χ3v) is 3.94. The quantitative estimate of drug-likeness (QED) is 0.641. The predicted molar refractivity (Wildman–Crippen MR) is 93.6 cm³/mol. The van der Waals surface area contributed by atoms with Gasteiger partial charge in [0.2, 0.25) is 4.77 Å². The van der Waals surface area contributed by atoms with E-state index < -0.39 is 0 Å². The number of hydrogen-bond acceptors (Lipinski definition) is 4. The molecule has 0 spiro atoms. The van der Waals surface area contributed by atoms with E-state index in [0.717, 1.165) is 35.7 Å². The van der Waals surface area contributed by atoms with Gasteiger partial charge < -0.3 is 9.84 Å². The molecule has 0 unspecified atom stereocenters. The molecule has 0 aliphatic carbocycles. The van der Waals surface area contributed by atoms with E-state index in [1.807, 2.05) is 36.4 Å². The van der Waals surface area contributed by atoms with E-state index in [2.05, 4.69) is 22.5 Å². The molecule has 0 atom stereocenters. The van der Waals surface area contributed by atoms with Crippen molar-refractivity contribution in [2.45, 2.75) is 26.3 Å². The highest BCUT2D eigenvalue weighted by Gasteiger charge is 2.08. The van der Waals surface area contributed by atoms with E-state index in [0.29, 0.717) is 16.3 Å². The first-order valence-corrected chi connectivity index (χ1v) is 8.21. The lowest BCUT2D eigenvalue weighted by Gasteiger charge is -2.07. The minimum atomic E-state index is 0.526. The fourth-order valence-electron chi connectivity index (χ4n) is 2.28. The molecule has 0 bridgehead atoms. The summed E-state index contributed by atoms with van der Waals surface area (Å²) < 4.78 is 8.21. The topological polar surface area (TPSA) is 58.8 Å². The predicted octanol–water partition coefficient (Wildman–Crippen LogP) is 4.55. The lowest BCUT2D eigenvalue weighted by atomic mass is 10.2. The second-order valence-electron chi connectivity index (χ2n) is 5.14. The number of rotatable bonds is 6. The van der Waals surface area contributed by atoms with E-state index in [1.54, 1.807) is 4.68 Å². The fraction of sp³-hybridized carbons (Fsp3) is 0.250. The third-order valence-electron chi connectivity index (χ3n) is 3.42. The van der Waals surface area contributed by atoms with Crippen molar-refractivity contribution in [1.29, 1.82) is 0 Å². The van der Waals surface area contributed by atoms with Gasteiger partial charge >= 0.3 is 0 Å². The van der Waals surface area contributed by atoms with Gasteiger partial charge in [0, 0.05) is 17.0 Å². The molecule has 23 heavy (non-hydrogen) atoms. The molecule has 2 aromatic heterocycles. The van der Waals surface area contributed by atoms with Crippen LogP contribution in [0.25, 0.3) is 11.3 Å². The van der Waals surface area contributed by atoms with E-state index >= 15 is 0 Å². The summed E-state index contributed by atoms with van der Waals surface area (Å²) in [5.41, 5.74) is 4.23. The molecule has 0 radical (unpaired) electrons. The molecule has 0 saturated carbocycles. The molecule has 1 aromatic carbocycles. The van der Waals surface area contributed by atoms with E-state index in [4.69, 9.17) is 28.2 Å². The molecule has 0 saturated heterocycles. The maximum Gasteiger partial charge on any atom is 0.214 e. The molecule has 3 aromatic rings. The zero-order valence-corrected chi connectivity index (χ0v) is 14.2. The summed E-state index contributed by atoms with van der Waals surface area (Å²) in [6.07, 6.45) is 1.86. The zero-order valence-electron chi connectivity index (χ0n) is 12.7. The van der Waals surface area contributed by atoms with Crippen LogP contribution in [0.1, 0.15) is 24.9 Å². The van der Waals surface area contributed by atoms with E-state index in [9.17, 15) is 0 Å². The highest BCUT2D eigenvalue weighted by molar-refractivity contribution is 7.71. The molecule has 0 aliphatic heterocycles. The Morgan fingerprint density at radius 1 is 1.26 bits per heavy atom. The van der Waals surface area contributed by atoms with Crippen LogP contribution in [0.15, 0.2) is 40.8 Å². The first-order chi connectivity index (χ1) is 11.2. The Morgan fingerprint density at radius 2 is 2.04 bits per heavy atom. The number of halogens is 1. The second kappa shape index (κ2) is 7.02. The molecule has 2 N–H and O–H groups in total. The number of H-pyrrole nitrogens is 1. The van der Waals surface area contributed by atoms with Gasteiger partial charge in [-0.15, -0.1) is 0 Å². The molecule has 5 nitrogen and oxygen atoms in total. The average Bonchev–Trinajstić information content (AvgIpc) is 3.14. The lowest BCUT2D eigenvalue weighted by molar-refractivity contribution is 0.520. The number of aromatic amines is 1. The second-order valence-corrected chi connectivity index (χ2v) is 5.96. The highest BCUT2D eigenvalue weighted by Crippen LogP contribution is 2.23. The summed E-state index contributed by atoms with van der Waals surface area (Å²) in [4.78, 5) is 0. The third kappa shape index (κ3) is 3.65. The van der Waals surface area contributed by atoms with Crippen LogP contribution in [0.2, 0.25) is 5.02 Å². The van der Waals surface area contributed by atoms with Gasteiger partial charge in [-0.05, 0) is 55.0 Å². The Bertz CT molecular complexity index is 834. The monoisotopic (exact) mass is 348 g/mol.